The minimum Gasteiger partial charge on any atom is -0.383 e. The van der Waals surface area contributed by atoms with Gasteiger partial charge in [-0.05, 0) is 6.07 Å². The fourth-order valence-electron chi connectivity index (χ4n) is 1.39. The Kier molecular flexibility index (Phi) is 4.81. The second kappa shape index (κ2) is 5.90. The standard InChI is InChI=1S/C10H16ClN3O/c1-14(6-8(12)7-15-2)10-3-4-13-5-9(10)11/h3-5,8H,6-7,12H2,1-2H3. The molecule has 0 aliphatic carbocycles. The number of rotatable bonds is 5. The van der Waals surface area contributed by atoms with E-state index in [1.807, 2.05) is 18.0 Å². The van der Waals surface area contributed by atoms with Crippen LogP contribution in [0.15, 0.2) is 18.5 Å². The number of halogens is 1. The van der Waals surface area contributed by atoms with Crippen LogP contribution in [-0.2, 0) is 4.74 Å². The van der Waals surface area contributed by atoms with Gasteiger partial charge in [0, 0.05) is 39.1 Å². The second-order valence-electron chi connectivity index (χ2n) is 3.42. The monoisotopic (exact) mass is 229 g/mol. The molecule has 5 heteroatoms. The molecule has 1 heterocycles. The molecule has 1 aromatic rings. The molecule has 0 saturated carbocycles. The Morgan fingerprint density at radius 3 is 3.00 bits per heavy atom. The summed E-state index contributed by atoms with van der Waals surface area (Å²) in [4.78, 5) is 5.92. The zero-order valence-corrected chi connectivity index (χ0v) is 9.74. The van der Waals surface area contributed by atoms with E-state index >= 15 is 0 Å². The molecule has 1 atom stereocenters. The summed E-state index contributed by atoms with van der Waals surface area (Å²) in [7, 11) is 3.58. The third kappa shape index (κ3) is 3.66. The highest BCUT2D eigenvalue weighted by atomic mass is 35.5. The predicted molar refractivity (Wildman–Crippen MR) is 62.4 cm³/mol. The van der Waals surface area contributed by atoms with E-state index in [-0.39, 0.29) is 6.04 Å². The quantitative estimate of drug-likeness (QED) is 0.823. The van der Waals surface area contributed by atoms with Crippen molar-refractivity contribution in [1.82, 2.24) is 4.98 Å². The fraction of sp³-hybridized carbons (Fsp3) is 0.500. The van der Waals surface area contributed by atoms with Gasteiger partial charge in [0.15, 0.2) is 0 Å². The molecule has 84 valence electrons. The summed E-state index contributed by atoms with van der Waals surface area (Å²) < 4.78 is 4.97. The summed E-state index contributed by atoms with van der Waals surface area (Å²) in [5, 5.41) is 0.629. The number of nitrogens with zero attached hydrogens (tertiary/aromatic N) is 2. The molecule has 0 amide bonds. The topological polar surface area (TPSA) is 51.4 Å². The van der Waals surface area contributed by atoms with E-state index in [0.29, 0.717) is 18.2 Å². The van der Waals surface area contributed by atoms with E-state index in [9.17, 15) is 0 Å². The predicted octanol–water partition coefficient (Wildman–Crippen LogP) is 1.14. The number of ether oxygens (including phenoxy) is 1. The van der Waals surface area contributed by atoms with Crippen LogP contribution in [0.2, 0.25) is 5.02 Å². The molecular weight excluding hydrogens is 214 g/mol. The molecular formula is C10H16ClN3O. The van der Waals surface area contributed by atoms with Crippen LogP contribution in [0.4, 0.5) is 5.69 Å². The second-order valence-corrected chi connectivity index (χ2v) is 3.83. The van der Waals surface area contributed by atoms with Crippen molar-refractivity contribution >= 4 is 17.3 Å². The zero-order chi connectivity index (χ0) is 11.3. The van der Waals surface area contributed by atoms with Gasteiger partial charge in [0.05, 0.1) is 17.3 Å². The maximum absolute atomic E-state index is 6.00. The normalized spacial score (nSPS) is 12.5. The summed E-state index contributed by atoms with van der Waals surface area (Å²) in [6, 6.07) is 1.84. The lowest BCUT2D eigenvalue weighted by molar-refractivity contribution is 0.181. The first-order valence-electron chi connectivity index (χ1n) is 4.70. The van der Waals surface area contributed by atoms with E-state index in [4.69, 9.17) is 22.1 Å². The molecule has 0 fully saturated rings. The van der Waals surface area contributed by atoms with E-state index in [0.717, 1.165) is 5.69 Å². The molecule has 1 aromatic heterocycles. The first kappa shape index (κ1) is 12.2. The number of hydrogen-bond donors (Lipinski definition) is 1. The van der Waals surface area contributed by atoms with Gasteiger partial charge in [-0.2, -0.15) is 0 Å². The largest absolute Gasteiger partial charge is 0.383 e. The molecule has 0 saturated heterocycles. The number of likely N-dealkylation sites (N-methyl/N-ethyl adjacent to an activating group) is 1. The fourth-order valence-corrected chi connectivity index (χ4v) is 1.66. The summed E-state index contributed by atoms with van der Waals surface area (Å²) in [5.74, 6) is 0. The highest BCUT2D eigenvalue weighted by Crippen LogP contribution is 2.22. The molecule has 0 aromatic carbocycles. The van der Waals surface area contributed by atoms with Crippen LogP contribution >= 0.6 is 11.6 Å². The van der Waals surface area contributed by atoms with Gasteiger partial charge in [-0.1, -0.05) is 11.6 Å². The first-order valence-corrected chi connectivity index (χ1v) is 5.08. The van der Waals surface area contributed by atoms with Gasteiger partial charge in [-0.3, -0.25) is 4.98 Å². The van der Waals surface area contributed by atoms with Gasteiger partial charge in [0.1, 0.15) is 0 Å². The van der Waals surface area contributed by atoms with Crippen molar-refractivity contribution in [3.63, 3.8) is 0 Å². The highest BCUT2D eigenvalue weighted by Gasteiger charge is 2.09. The van der Waals surface area contributed by atoms with Gasteiger partial charge in [0.2, 0.25) is 0 Å². The molecule has 4 nitrogen and oxygen atoms in total. The van der Waals surface area contributed by atoms with Crippen LogP contribution in [0.25, 0.3) is 0 Å². The third-order valence-electron chi connectivity index (χ3n) is 2.05. The molecule has 0 aliphatic heterocycles. The van der Waals surface area contributed by atoms with Crippen LogP contribution in [0.3, 0.4) is 0 Å². The van der Waals surface area contributed by atoms with Gasteiger partial charge >= 0.3 is 0 Å². The molecule has 2 N–H and O–H groups in total. The number of aromatic nitrogens is 1. The summed E-state index contributed by atoms with van der Waals surface area (Å²) >= 11 is 6.00. The number of hydrogen-bond acceptors (Lipinski definition) is 4. The van der Waals surface area contributed by atoms with Gasteiger partial charge in [0.25, 0.3) is 0 Å². The average Bonchev–Trinajstić information content (AvgIpc) is 2.18. The lowest BCUT2D eigenvalue weighted by Crippen LogP contribution is -2.38. The van der Waals surface area contributed by atoms with Crippen LogP contribution in [0.1, 0.15) is 0 Å². The minimum absolute atomic E-state index is 0.0239. The number of anilines is 1. The minimum atomic E-state index is -0.0239. The Hall–Kier alpha value is -0.840. The van der Waals surface area contributed by atoms with Crippen molar-refractivity contribution in [3.05, 3.63) is 23.5 Å². The highest BCUT2D eigenvalue weighted by molar-refractivity contribution is 6.33. The van der Waals surface area contributed by atoms with E-state index in [1.165, 1.54) is 0 Å². The van der Waals surface area contributed by atoms with Gasteiger partial charge in [-0.15, -0.1) is 0 Å². The van der Waals surface area contributed by atoms with Crippen molar-refractivity contribution < 1.29 is 4.74 Å². The summed E-state index contributed by atoms with van der Waals surface area (Å²) in [5.41, 5.74) is 6.78. The van der Waals surface area contributed by atoms with E-state index < -0.39 is 0 Å². The molecule has 0 aliphatic rings. The molecule has 0 spiro atoms. The molecule has 1 unspecified atom stereocenters. The Bertz CT molecular complexity index is 308. The van der Waals surface area contributed by atoms with Crippen LogP contribution in [0.5, 0.6) is 0 Å². The number of methoxy groups -OCH3 is 1. The molecule has 1 rings (SSSR count). The summed E-state index contributed by atoms with van der Waals surface area (Å²) in [6.07, 6.45) is 3.33. The summed E-state index contributed by atoms with van der Waals surface area (Å²) in [6.45, 7) is 1.23. The number of nitrogens with two attached hydrogens (primary N) is 1. The molecule has 15 heavy (non-hydrogen) atoms. The average molecular weight is 230 g/mol. The zero-order valence-electron chi connectivity index (χ0n) is 8.98. The van der Waals surface area contributed by atoms with Crippen molar-refractivity contribution in [2.24, 2.45) is 5.73 Å². The molecule has 0 radical (unpaired) electrons. The van der Waals surface area contributed by atoms with Crippen molar-refractivity contribution in [2.75, 3.05) is 32.2 Å². The third-order valence-corrected chi connectivity index (χ3v) is 2.34. The van der Waals surface area contributed by atoms with Gasteiger partial charge < -0.3 is 15.4 Å². The van der Waals surface area contributed by atoms with Crippen molar-refractivity contribution in [3.8, 4) is 0 Å². The van der Waals surface area contributed by atoms with Crippen LogP contribution < -0.4 is 10.6 Å². The Morgan fingerprint density at radius 2 is 2.40 bits per heavy atom. The van der Waals surface area contributed by atoms with Gasteiger partial charge in [-0.25, -0.2) is 0 Å². The SMILES string of the molecule is COCC(N)CN(C)c1ccncc1Cl. The maximum Gasteiger partial charge on any atom is 0.0822 e. The number of pyridine rings is 1. The lowest BCUT2D eigenvalue weighted by atomic mass is 10.3. The van der Waals surface area contributed by atoms with Crippen molar-refractivity contribution in [1.29, 1.82) is 0 Å². The van der Waals surface area contributed by atoms with Crippen LogP contribution in [-0.4, -0.2) is 38.3 Å². The smallest absolute Gasteiger partial charge is 0.0822 e. The Balaban J connectivity index is 2.61. The first-order chi connectivity index (χ1) is 7.15. The van der Waals surface area contributed by atoms with E-state index in [2.05, 4.69) is 4.98 Å². The molecule has 0 bridgehead atoms. The van der Waals surface area contributed by atoms with E-state index in [1.54, 1.807) is 19.5 Å². The maximum atomic E-state index is 6.00. The lowest BCUT2D eigenvalue weighted by Gasteiger charge is -2.23. The van der Waals surface area contributed by atoms with Crippen LogP contribution in [0, 0.1) is 0 Å². The van der Waals surface area contributed by atoms with Crippen molar-refractivity contribution in [2.45, 2.75) is 6.04 Å². The Labute approximate surface area is 95.0 Å². The Morgan fingerprint density at radius 1 is 1.67 bits per heavy atom.